The highest BCUT2D eigenvalue weighted by Crippen LogP contribution is 2.34. The maximum atomic E-state index is 13.0. The second kappa shape index (κ2) is 9.40. The van der Waals surface area contributed by atoms with E-state index in [9.17, 15) is 14.4 Å². The molecule has 3 aromatic rings. The quantitative estimate of drug-likeness (QED) is 0.531. The Labute approximate surface area is 207 Å². The molecule has 0 aliphatic carbocycles. The summed E-state index contributed by atoms with van der Waals surface area (Å²) >= 11 is 0. The summed E-state index contributed by atoms with van der Waals surface area (Å²) < 4.78 is 17.6. The minimum absolute atomic E-state index is 0.219. The number of hydrogen-bond acceptors (Lipinski definition) is 7. The fourth-order valence-electron chi connectivity index (χ4n) is 5.16. The molecule has 3 amide bonds. The lowest BCUT2D eigenvalue weighted by Crippen LogP contribution is -2.52. The maximum Gasteiger partial charge on any atom is 0.255 e. The smallest absolute Gasteiger partial charge is 0.255 e. The fraction of sp³-hybridized carbons (Fsp3) is 0.370. The minimum atomic E-state index is -0.655. The molecule has 6 rings (SSSR count). The Kier molecular flexibility index (Phi) is 5.94. The number of nitrogens with zero attached hydrogens (tertiary/aromatic N) is 2. The molecule has 0 saturated carbocycles. The van der Waals surface area contributed by atoms with Gasteiger partial charge in [0.2, 0.25) is 11.8 Å². The number of hydrogen-bond donors (Lipinski definition) is 1. The molecule has 0 spiro atoms. The molecule has 9 nitrogen and oxygen atoms in total. The normalized spacial score (nSPS) is 20.6. The van der Waals surface area contributed by atoms with Crippen LogP contribution in [0.15, 0.2) is 46.9 Å². The second-order valence-electron chi connectivity index (χ2n) is 9.44. The van der Waals surface area contributed by atoms with Gasteiger partial charge in [-0.2, -0.15) is 0 Å². The van der Waals surface area contributed by atoms with E-state index in [2.05, 4.69) is 28.4 Å². The van der Waals surface area contributed by atoms with Crippen LogP contribution in [0.1, 0.15) is 40.1 Å². The first-order valence-electron chi connectivity index (χ1n) is 12.3. The van der Waals surface area contributed by atoms with Crippen LogP contribution in [0.5, 0.6) is 5.75 Å². The van der Waals surface area contributed by atoms with Gasteiger partial charge < -0.3 is 18.8 Å². The molecule has 1 atom stereocenters. The van der Waals surface area contributed by atoms with Gasteiger partial charge in [0.15, 0.2) is 0 Å². The van der Waals surface area contributed by atoms with Crippen molar-refractivity contribution in [2.75, 3.05) is 26.3 Å². The highest BCUT2D eigenvalue weighted by Gasteiger charge is 2.40. The minimum Gasteiger partial charge on any atom is -0.485 e. The molecule has 0 radical (unpaired) electrons. The number of ether oxygens (including phenoxy) is 2. The van der Waals surface area contributed by atoms with Crippen LogP contribution >= 0.6 is 0 Å². The van der Waals surface area contributed by atoms with Gasteiger partial charge in [0.25, 0.3) is 5.91 Å². The third-order valence-electron chi connectivity index (χ3n) is 7.05. The first-order chi connectivity index (χ1) is 17.5. The molecule has 1 aromatic heterocycles. The van der Waals surface area contributed by atoms with Gasteiger partial charge in [-0.1, -0.05) is 18.2 Å². The monoisotopic (exact) mass is 489 g/mol. The predicted octanol–water partition coefficient (Wildman–Crippen LogP) is 2.61. The van der Waals surface area contributed by atoms with Crippen LogP contribution in [-0.4, -0.2) is 59.9 Å². The first-order valence-corrected chi connectivity index (χ1v) is 12.3. The molecule has 0 bridgehead atoms. The summed E-state index contributed by atoms with van der Waals surface area (Å²) in [4.78, 5) is 40.7. The van der Waals surface area contributed by atoms with Crippen molar-refractivity contribution in [2.45, 2.75) is 38.6 Å². The number of amides is 3. The topological polar surface area (TPSA) is 101 Å². The lowest BCUT2D eigenvalue weighted by Gasteiger charge is -2.29. The van der Waals surface area contributed by atoms with E-state index in [0.717, 1.165) is 49.4 Å². The third-order valence-corrected chi connectivity index (χ3v) is 7.05. The molecule has 4 heterocycles. The van der Waals surface area contributed by atoms with Gasteiger partial charge in [0.05, 0.1) is 19.8 Å². The van der Waals surface area contributed by atoms with Crippen molar-refractivity contribution in [1.29, 1.82) is 0 Å². The Morgan fingerprint density at radius 3 is 2.75 bits per heavy atom. The zero-order chi connectivity index (χ0) is 24.6. The van der Waals surface area contributed by atoms with Gasteiger partial charge in [-0.05, 0) is 36.2 Å². The Morgan fingerprint density at radius 1 is 1.06 bits per heavy atom. The largest absolute Gasteiger partial charge is 0.485 e. The summed E-state index contributed by atoms with van der Waals surface area (Å²) in [5.41, 5.74) is 3.28. The Bertz CT molecular complexity index is 1340. The predicted molar refractivity (Wildman–Crippen MR) is 129 cm³/mol. The molecule has 2 fully saturated rings. The Balaban J connectivity index is 1.15. The van der Waals surface area contributed by atoms with Gasteiger partial charge in [-0.3, -0.25) is 24.6 Å². The number of imide groups is 1. The van der Waals surface area contributed by atoms with Crippen LogP contribution in [0.3, 0.4) is 0 Å². The van der Waals surface area contributed by atoms with Gasteiger partial charge in [-0.15, -0.1) is 0 Å². The van der Waals surface area contributed by atoms with E-state index in [4.69, 9.17) is 13.9 Å². The summed E-state index contributed by atoms with van der Waals surface area (Å²) in [6, 6.07) is 12.9. The molecular formula is C27H27N3O6. The molecule has 3 aliphatic rings. The van der Waals surface area contributed by atoms with Crippen LogP contribution < -0.4 is 10.1 Å². The van der Waals surface area contributed by atoms with Crippen molar-refractivity contribution in [3.8, 4) is 5.75 Å². The summed E-state index contributed by atoms with van der Waals surface area (Å²) in [5.74, 6) is 0.330. The number of rotatable bonds is 6. The van der Waals surface area contributed by atoms with Crippen LogP contribution in [0.2, 0.25) is 0 Å². The van der Waals surface area contributed by atoms with Crippen molar-refractivity contribution < 1.29 is 28.3 Å². The average molecular weight is 490 g/mol. The molecule has 3 aliphatic heterocycles. The van der Waals surface area contributed by atoms with Crippen LogP contribution in [-0.2, 0) is 34.0 Å². The Morgan fingerprint density at radius 2 is 1.92 bits per heavy atom. The standard InChI is InChI=1S/C27H27N3O6/c31-25-7-6-22(26(32)28-25)30-15-21-20(27(30)33)2-1-3-23(21)35-16-19-13-18-5-4-17(12-24(18)36-19)14-29-8-10-34-11-9-29/h1-5,12-13,22H,6-11,14-16H2,(H,28,31,32). The van der Waals surface area contributed by atoms with E-state index in [1.54, 1.807) is 12.1 Å². The van der Waals surface area contributed by atoms with E-state index in [0.29, 0.717) is 23.5 Å². The molecule has 36 heavy (non-hydrogen) atoms. The maximum absolute atomic E-state index is 13.0. The number of carbonyl (C=O) groups is 3. The van der Waals surface area contributed by atoms with Crippen LogP contribution in [0.4, 0.5) is 0 Å². The van der Waals surface area contributed by atoms with E-state index in [1.165, 1.54) is 10.5 Å². The molecule has 186 valence electrons. The van der Waals surface area contributed by atoms with Crippen molar-refractivity contribution in [3.63, 3.8) is 0 Å². The van der Waals surface area contributed by atoms with E-state index in [-0.39, 0.29) is 31.4 Å². The lowest BCUT2D eigenvalue weighted by atomic mass is 10.0. The van der Waals surface area contributed by atoms with E-state index >= 15 is 0 Å². The molecule has 2 aromatic carbocycles. The van der Waals surface area contributed by atoms with E-state index in [1.807, 2.05) is 12.1 Å². The van der Waals surface area contributed by atoms with Crippen molar-refractivity contribution in [3.05, 3.63) is 64.9 Å². The van der Waals surface area contributed by atoms with Crippen molar-refractivity contribution in [2.24, 2.45) is 0 Å². The first kappa shape index (κ1) is 22.8. The van der Waals surface area contributed by atoms with Crippen molar-refractivity contribution >= 4 is 28.7 Å². The second-order valence-corrected chi connectivity index (χ2v) is 9.44. The summed E-state index contributed by atoms with van der Waals surface area (Å²) in [5, 5.41) is 3.34. The highest BCUT2D eigenvalue weighted by molar-refractivity contribution is 6.05. The zero-order valence-electron chi connectivity index (χ0n) is 19.8. The zero-order valence-corrected chi connectivity index (χ0v) is 19.8. The van der Waals surface area contributed by atoms with Crippen molar-refractivity contribution in [1.82, 2.24) is 15.1 Å². The number of piperidine rings is 1. The van der Waals surface area contributed by atoms with Gasteiger partial charge >= 0.3 is 0 Å². The van der Waals surface area contributed by atoms with Gasteiger partial charge in [0, 0.05) is 42.6 Å². The molecule has 9 heteroatoms. The van der Waals surface area contributed by atoms with Gasteiger partial charge in [-0.25, -0.2) is 0 Å². The summed E-state index contributed by atoms with van der Waals surface area (Å²) in [6.07, 6.45) is 0.549. The SMILES string of the molecule is O=C1CCC(N2Cc3c(OCc4cc5ccc(CN6CCOCC6)cc5o4)cccc3C2=O)C(=O)N1. The third kappa shape index (κ3) is 4.36. The number of furan rings is 1. The highest BCUT2D eigenvalue weighted by atomic mass is 16.5. The van der Waals surface area contributed by atoms with Crippen LogP contribution in [0.25, 0.3) is 11.0 Å². The number of morpholine rings is 1. The number of nitrogens with one attached hydrogen (secondary N) is 1. The number of fused-ring (bicyclic) bond motifs is 2. The number of carbonyl (C=O) groups excluding carboxylic acids is 3. The molecule has 2 saturated heterocycles. The molecular weight excluding hydrogens is 462 g/mol. The average Bonchev–Trinajstić information content (AvgIpc) is 3.44. The molecule has 1 unspecified atom stereocenters. The number of benzene rings is 2. The summed E-state index contributed by atoms with van der Waals surface area (Å²) in [7, 11) is 0. The summed E-state index contributed by atoms with van der Waals surface area (Å²) in [6.45, 7) is 4.74. The fourth-order valence-corrected chi connectivity index (χ4v) is 5.16. The Hall–Kier alpha value is -3.69. The molecule has 1 N–H and O–H groups in total. The van der Waals surface area contributed by atoms with E-state index < -0.39 is 11.9 Å². The van der Waals surface area contributed by atoms with Crippen LogP contribution in [0, 0.1) is 0 Å². The lowest BCUT2D eigenvalue weighted by molar-refractivity contribution is -0.136. The van der Waals surface area contributed by atoms with Gasteiger partial charge in [0.1, 0.15) is 29.7 Å².